The smallest absolute Gasteiger partial charge is 0.269 e. The Bertz CT molecular complexity index is 1010. The van der Waals surface area contributed by atoms with Crippen LogP contribution in [0.4, 0.5) is 22.7 Å². The minimum absolute atomic E-state index is 0.00924. The number of non-ortho nitro benzene ring substituents is 1. The molecular weight excluding hydrogens is 396 g/mol. The van der Waals surface area contributed by atoms with Crippen molar-refractivity contribution in [3.8, 4) is 5.75 Å². The monoisotopic (exact) mass is 424 g/mol. The van der Waals surface area contributed by atoms with Crippen molar-refractivity contribution in [1.82, 2.24) is 0 Å². The number of hydrogen-bond donors (Lipinski definition) is 1. The number of benzene rings is 2. The molecule has 0 saturated heterocycles. The molecule has 1 aliphatic rings. The highest BCUT2D eigenvalue weighted by molar-refractivity contribution is 5.85. The molecule has 0 bridgehead atoms. The van der Waals surface area contributed by atoms with Gasteiger partial charge in [-0.1, -0.05) is 6.08 Å². The predicted octanol–water partition coefficient (Wildman–Crippen LogP) is 5.79. The van der Waals surface area contributed by atoms with Gasteiger partial charge in [-0.3, -0.25) is 10.1 Å². The highest BCUT2D eigenvalue weighted by atomic mass is 16.6. The Hall–Kier alpha value is -3.26. The first-order valence-corrected chi connectivity index (χ1v) is 10.2. The maximum absolute atomic E-state index is 10.8. The summed E-state index contributed by atoms with van der Waals surface area (Å²) in [4.78, 5) is 12.7. The Morgan fingerprint density at radius 2 is 1.87 bits per heavy atom. The summed E-state index contributed by atoms with van der Waals surface area (Å²) in [6.45, 7) is 7.42. The average Bonchev–Trinajstić information content (AvgIpc) is 2.74. The zero-order valence-corrected chi connectivity index (χ0v) is 18.3. The molecule has 0 amide bonds. The first-order valence-electron chi connectivity index (χ1n) is 10.2. The van der Waals surface area contributed by atoms with Crippen LogP contribution in [0.25, 0.3) is 5.57 Å². The molecule has 0 radical (unpaired) electrons. The lowest BCUT2D eigenvalue weighted by molar-refractivity contribution is -0.384. The van der Waals surface area contributed by atoms with E-state index in [9.17, 15) is 15.2 Å². The minimum atomic E-state index is -0.448. The zero-order chi connectivity index (χ0) is 22.6. The van der Waals surface area contributed by atoms with E-state index >= 15 is 0 Å². The summed E-state index contributed by atoms with van der Waals surface area (Å²) in [5, 5.41) is 28.6. The third-order valence-electron chi connectivity index (χ3n) is 5.40. The third kappa shape index (κ3) is 4.91. The standard InChI is InChI=1S/C23H28N4O4/c1-16-15-23(2,3)26(11-5-6-12-28)21-14-22(31-4)20(13-19(16)21)25-24-17-7-9-18(10-8-17)27(29)30/h7-10,13-15,28H,5-6,11-12H2,1-4H3/b25-24+. The number of unbranched alkanes of at least 4 members (excludes halogenated alkanes) is 1. The summed E-state index contributed by atoms with van der Waals surface area (Å²) >= 11 is 0. The van der Waals surface area contributed by atoms with E-state index in [1.165, 1.54) is 12.1 Å². The van der Waals surface area contributed by atoms with E-state index in [0.29, 0.717) is 17.1 Å². The average molecular weight is 425 g/mol. The van der Waals surface area contributed by atoms with Crippen LogP contribution in [0.3, 0.4) is 0 Å². The summed E-state index contributed by atoms with van der Waals surface area (Å²) in [7, 11) is 1.60. The van der Waals surface area contributed by atoms with Gasteiger partial charge in [-0.25, -0.2) is 0 Å². The highest BCUT2D eigenvalue weighted by Gasteiger charge is 2.32. The number of allylic oxidation sites excluding steroid dienone is 1. The Kier molecular flexibility index (Phi) is 6.70. The maximum Gasteiger partial charge on any atom is 0.269 e. The predicted molar refractivity (Wildman–Crippen MR) is 122 cm³/mol. The molecule has 164 valence electrons. The van der Waals surface area contributed by atoms with Crippen molar-refractivity contribution in [2.24, 2.45) is 10.2 Å². The van der Waals surface area contributed by atoms with Gasteiger partial charge >= 0.3 is 0 Å². The summed E-state index contributed by atoms with van der Waals surface area (Å²) < 4.78 is 5.60. The van der Waals surface area contributed by atoms with E-state index in [1.54, 1.807) is 19.2 Å². The van der Waals surface area contributed by atoms with E-state index in [1.807, 2.05) is 12.1 Å². The van der Waals surface area contributed by atoms with E-state index in [0.717, 1.165) is 36.2 Å². The number of ether oxygens (including phenoxy) is 1. The molecule has 2 aromatic carbocycles. The van der Waals surface area contributed by atoms with Gasteiger partial charge in [-0.2, -0.15) is 5.11 Å². The number of nitro groups is 1. The molecule has 0 spiro atoms. The molecule has 0 atom stereocenters. The van der Waals surface area contributed by atoms with Crippen LogP contribution in [0.2, 0.25) is 0 Å². The van der Waals surface area contributed by atoms with Gasteiger partial charge in [0.1, 0.15) is 11.4 Å². The van der Waals surface area contributed by atoms with Crippen LogP contribution in [-0.2, 0) is 0 Å². The molecule has 8 nitrogen and oxygen atoms in total. The van der Waals surface area contributed by atoms with Gasteiger partial charge < -0.3 is 14.7 Å². The van der Waals surface area contributed by atoms with E-state index < -0.39 is 4.92 Å². The summed E-state index contributed by atoms with van der Waals surface area (Å²) in [5.41, 5.74) is 4.21. The lowest BCUT2D eigenvalue weighted by Gasteiger charge is -2.43. The quantitative estimate of drug-likeness (QED) is 0.250. The van der Waals surface area contributed by atoms with Crippen LogP contribution in [0, 0.1) is 10.1 Å². The summed E-state index contributed by atoms with van der Waals surface area (Å²) in [6, 6.07) is 9.86. The molecule has 2 aromatic rings. The van der Waals surface area contributed by atoms with Gasteiger partial charge in [0.2, 0.25) is 0 Å². The summed E-state index contributed by atoms with van der Waals surface area (Å²) in [6.07, 6.45) is 3.87. The first-order chi connectivity index (χ1) is 14.8. The van der Waals surface area contributed by atoms with E-state index in [4.69, 9.17) is 4.74 Å². The number of fused-ring (bicyclic) bond motifs is 1. The second-order valence-corrected chi connectivity index (χ2v) is 8.08. The van der Waals surface area contributed by atoms with E-state index in [2.05, 4.69) is 42.0 Å². The molecule has 0 aromatic heterocycles. The van der Waals surface area contributed by atoms with Gasteiger partial charge in [0.25, 0.3) is 5.69 Å². The first kappa shape index (κ1) is 22.4. The van der Waals surface area contributed by atoms with Crippen molar-refractivity contribution < 1.29 is 14.8 Å². The van der Waals surface area contributed by atoms with Crippen LogP contribution in [-0.4, -0.2) is 35.8 Å². The van der Waals surface area contributed by atoms with Crippen molar-refractivity contribution in [1.29, 1.82) is 0 Å². The molecule has 3 rings (SSSR count). The van der Waals surface area contributed by atoms with Gasteiger partial charge in [-0.05, 0) is 57.4 Å². The van der Waals surface area contributed by atoms with Crippen LogP contribution >= 0.6 is 0 Å². The summed E-state index contributed by atoms with van der Waals surface area (Å²) in [5.74, 6) is 0.599. The number of aliphatic hydroxyl groups excluding tert-OH is 1. The van der Waals surface area contributed by atoms with Crippen molar-refractivity contribution in [2.75, 3.05) is 25.2 Å². The van der Waals surface area contributed by atoms with Gasteiger partial charge in [0, 0.05) is 42.6 Å². The second-order valence-electron chi connectivity index (χ2n) is 8.08. The molecule has 31 heavy (non-hydrogen) atoms. The van der Waals surface area contributed by atoms with Gasteiger partial charge in [-0.15, -0.1) is 5.11 Å². The lowest BCUT2D eigenvalue weighted by atomic mass is 9.88. The molecule has 0 fully saturated rings. The topological polar surface area (TPSA) is 101 Å². The Labute approximate surface area is 182 Å². The number of methoxy groups -OCH3 is 1. The molecule has 0 saturated carbocycles. The van der Waals surface area contributed by atoms with Crippen LogP contribution in [0.15, 0.2) is 52.7 Å². The highest BCUT2D eigenvalue weighted by Crippen LogP contribution is 2.45. The molecule has 1 N–H and O–H groups in total. The Morgan fingerprint density at radius 3 is 2.48 bits per heavy atom. The van der Waals surface area contributed by atoms with Crippen molar-refractivity contribution in [2.45, 2.75) is 39.2 Å². The number of hydrogen-bond acceptors (Lipinski definition) is 7. The van der Waals surface area contributed by atoms with Gasteiger partial charge in [0.15, 0.2) is 0 Å². The number of rotatable bonds is 8. The second kappa shape index (κ2) is 9.26. The molecule has 1 aliphatic heterocycles. The molecule has 1 heterocycles. The zero-order valence-electron chi connectivity index (χ0n) is 18.3. The number of azo groups is 1. The molecular formula is C23H28N4O4. The molecule has 0 unspecified atom stereocenters. The SMILES string of the molecule is COc1cc2c(cc1/N=N/c1ccc([N+](=O)[O-])cc1)C(C)=CC(C)(C)N2CCCCO. The fraction of sp³-hybridized carbons (Fsp3) is 0.391. The normalized spacial score (nSPS) is 15.0. The maximum atomic E-state index is 10.8. The van der Waals surface area contributed by atoms with Crippen molar-refractivity contribution in [3.05, 3.63) is 58.2 Å². The largest absolute Gasteiger partial charge is 0.494 e. The Morgan fingerprint density at radius 1 is 1.16 bits per heavy atom. The van der Waals surface area contributed by atoms with E-state index in [-0.39, 0.29) is 17.8 Å². The molecule has 8 heteroatoms. The third-order valence-corrected chi connectivity index (χ3v) is 5.40. The Balaban J connectivity index is 1.97. The number of nitro benzene ring substituents is 1. The van der Waals surface area contributed by atoms with Gasteiger partial charge in [0.05, 0.1) is 23.3 Å². The van der Waals surface area contributed by atoms with Crippen molar-refractivity contribution in [3.63, 3.8) is 0 Å². The number of nitrogens with zero attached hydrogens (tertiary/aromatic N) is 4. The van der Waals surface area contributed by atoms with Crippen LogP contribution in [0.1, 0.15) is 39.2 Å². The fourth-order valence-corrected chi connectivity index (χ4v) is 3.88. The number of aliphatic hydroxyl groups is 1. The minimum Gasteiger partial charge on any atom is -0.494 e. The van der Waals surface area contributed by atoms with Crippen LogP contribution < -0.4 is 9.64 Å². The molecule has 0 aliphatic carbocycles. The number of anilines is 1. The fourth-order valence-electron chi connectivity index (χ4n) is 3.88. The van der Waals surface area contributed by atoms with Crippen molar-refractivity contribution >= 4 is 28.3 Å². The van der Waals surface area contributed by atoms with Crippen LogP contribution in [0.5, 0.6) is 5.75 Å². The lowest BCUT2D eigenvalue weighted by Crippen LogP contribution is -2.45.